The Morgan fingerprint density at radius 1 is 0.224 bits per heavy atom. The molecule has 1 nitrogen and oxygen atoms in total. The first-order valence-electron chi connectivity index (χ1n) is 24.0. The van der Waals surface area contributed by atoms with Crippen LogP contribution in [0.1, 0.15) is 193 Å². The van der Waals surface area contributed by atoms with Gasteiger partial charge in [0.05, 0.1) is 12.2 Å². The molecule has 1 heteroatoms. The Bertz CT molecular complexity index is 1070. The van der Waals surface area contributed by atoms with Gasteiger partial charge in [-0.25, -0.2) is 0 Å². The molecule has 0 aromatic carbocycles. The summed E-state index contributed by atoms with van der Waals surface area (Å²) < 4.78 is 6.77. The predicted molar refractivity (Wildman–Crippen MR) is 203 cm³/mol. The maximum Gasteiger partial charge on any atom is 0.0611 e. The molecule has 0 N–H and O–H groups in total. The van der Waals surface area contributed by atoms with E-state index in [0.717, 1.165) is 94.7 Å². The topological polar surface area (TPSA) is 9.23 Å². The Hall–Kier alpha value is -0.0400. The SMILES string of the molecule is C1CCC2CC(C3CCCCC3C3C4CCCCC4C(C4CCCC(C5CCC6OC7CCCCC7C6C5)C4)C4CCCCC43)CCC2C1. The fourth-order valence-corrected chi connectivity index (χ4v) is 18.1. The largest absolute Gasteiger partial charge is 0.374 e. The molecule has 16 atom stereocenters. The molecule has 0 bridgehead atoms. The first-order chi connectivity index (χ1) is 24.3. The number of ether oxygens (including phenoxy) is 1. The lowest BCUT2D eigenvalue weighted by Gasteiger charge is -2.62. The van der Waals surface area contributed by atoms with E-state index in [2.05, 4.69) is 0 Å². The lowest BCUT2D eigenvalue weighted by molar-refractivity contribution is -0.130. The summed E-state index contributed by atoms with van der Waals surface area (Å²) in [5, 5.41) is 0. The molecule has 16 unspecified atom stereocenters. The average Bonchev–Trinajstić information content (AvgIpc) is 3.55. The van der Waals surface area contributed by atoms with Crippen molar-refractivity contribution in [3.05, 3.63) is 0 Å². The molecule has 0 spiro atoms. The maximum absolute atomic E-state index is 6.77. The molecule has 10 fully saturated rings. The summed E-state index contributed by atoms with van der Waals surface area (Å²) in [6.07, 6.45) is 48.4. The van der Waals surface area contributed by atoms with Gasteiger partial charge >= 0.3 is 0 Å². The molecule has 276 valence electrons. The van der Waals surface area contributed by atoms with Gasteiger partial charge in [0.15, 0.2) is 0 Å². The molecule has 0 aromatic rings. The average molecular weight is 671 g/mol. The van der Waals surface area contributed by atoms with Crippen molar-refractivity contribution < 1.29 is 4.74 Å². The van der Waals surface area contributed by atoms with E-state index < -0.39 is 0 Å². The van der Waals surface area contributed by atoms with Crippen LogP contribution in [0.25, 0.3) is 0 Å². The highest BCUT2D eigenvalue weighted by Gasteiger charge is 2.57. The fraction of sp³-hybridized carbons (Fsp3) is 1.00. The van der Waals surface area contributed by atoms with Gasteiger partial charge in [-0.2, -0.15) is 0 Å². The first-order valence-corrected chi connectivity index (χ1v) is 24.0. The quantitative estimate of drug-likeness (QED) is 0.289. The molecule has 1 aliphatic heterocycles. The number of rotatable bonds is 4. The van der Waals surface area contributed by atoms with Gasteiger partial charge in [-0.15, -0.1) is 0 Å². The molecule has 9 saturated carbocycles. The van der Waals surface area contributed by atoms with Gasteiger partial charge in [0.2, 0.25) is 0 Å². The minimum atomic E-state index is 0.645. The maximum atomic E-state index is 6.77. The van der Waals surface area contributed by atoms with E-state index in [-0.39, 0.29) is 0 Å². The number of hydrogen-bond acceptors (Lipinski definition) is 1. The molecule has 10 aliphatic rings. The van der Waals surface area contributed by atoms with Gasteiger partial charge in [0.1, 0.15) is 0 Å². The molecule has 10 rings (SSSR count). The molecule has 49 heavy (non-hydrogen) atoms. The summed E-state index contributed by atoms with van der Waals surface area (Å²) in [5.74, 6) is 17.3. The summed E-state index contributed by atoms with van der Waals surface area (Å²) in [5.41, 5.74) is 0. The Kier molecular flexibility index (Phi) is 10.0. The van der Waals surface area contributed by atoms with Crippen LogP contribution in [-0.4, -0.2) is 12.2 Å². The Morgan fingerprint density at radius 3 is 1.39 bits per heavy atom. The number of hydrogen-bond donors (Lipinski definition) is 0. The fourth-order valence-electron chi connectivity index (χ4n) is 18.1. The van der Waals surface area contributed by atoms with Crippen molar-refractivity contribution in [3.8, 4) is 0 Å². The summed E-state index contributed by atoms with van der Waals surface area (Å²) in [6, 6.07) is 0. The van der Waals surface area contributed by atoms with Crippen LogP contribution in [-0.2, 0) is 4.74 Å². The predicted octanol–water partition coefficient (Wildman–Crippen LogP) is 13.4. The van der Waals surface area contributed by atoms with Gasteiger partial charge < -0.3 is 4.74 Å². The molecule has 1 heterocycles. The second-order valence-electron chi connectivity index (χ2n) is 21.5. The van der Waals surface area contributed by atoms with E-state index in [4.69, 9.17) is 4.74 Å². The van der Waals surface area contributed by atoms with E-state index in [0.29, 0.717) is 12.2 Å². The monoisotopic (exact) mass is 671 g/mol. The highest BCUT2D eigenvalue weighted by molar-refractivity contribution is 5.06. The van der Waals surface area contributed by atoms with Crippen molar-refractivity contribution in [2.75, 3.05) is 0 Å². The molecule has 0 amide bonds. The third-order valence-corrected chi connectivity index (χ3v) is 19.8. The lowest BCUT2D eigenvalue weighted by Crippen LogP contribution is -2.55. The Morgan fingerprint density at radius 2 is 0.653 bits per heavy atom. The summed E-state index contributed by atoms with van der Waals surface area (Å²) in [4.78, 5) is 0. The zero-order valence-corrected chi connectivity index (χ0v) is 32.0. The van der Waals surface area contributed by atoms with Crippen molar-refractivity contribution in [3.63, 3.8) is 0 Å². The zero-order chi connectivity index (χ0) is 32.3. The molecular weight excluding hydrogens is 593 g/mol. The van der Waals surface area contributed by atoms with Crippen LogP contribution in [0.2, 0.25) is 0 Å². The summed E-state index contributed by atoms with van der Waals surface area (Å²) >= 11 is 0. The van der Waals surface area contributed by atoms with Crippen LogP contribution < -0.4 is 0 Å². The normalized spacial score (nSPS) is 54.9. The lowest BCUT2D eigenvalue weighted by atomic mass is 9.43. The van der Waals surface area contributed by atoms with Crippen molar-refractivity contribution in [2.45, 2.75) is 205 Å². The van der Waals surface area contributed by atoms with Crippen molar-refractivity contribution in [2.24, 2.45) is 94.7 Å². The molecular formula is C48H78O. The van der Waals surface area contributed by atoms with E-state index in [1.54, 1.807) is 154 Å². The van der Waals surface area contributed by atoms with E-state index in [9.17, 15) is 0 Å². The molecule has 9 aliphatic carbocycles. The van der Waals surface area contributed by atoms with Gasteiger partial charge in [0, 0.05) is 0 Å². The van der Waals surface area contributed by atoms with Crippen molar-refractivity contribution in [1.82, 2.24) is 0 Å². The molecule has 0 radical (unpaired) electrons. The molecule has 1 saturated heterocycles. The Labute approximate surface area is 303 Å². The molecule has 0 aromatic heterocycles. The minimum Gasteiger partial charge on any atom is -0.374 e. The van der Waals surface area contributed by atoms with Crippen molar-refractivity contribution >= 4 is 0 Å². The van der Waals surface area contributed by atoms with Gasteiger partial charge in [-0.3, -0.25) is 0 Å². The van der Waals surface area contributed by atoms with Crippen LogP contribution in [0.4, 0.5) is 0 Å². The van der Waals surface area contributed by atoms with Crippen LogP contribution in [0, 0.1) is 94.7 Å². The van der Waals surface area contributed by atoms with Crippen molar-refractivity contribution in [1.29, 1.82) is 0 Å². The second-order valence-corrected chi connectivity index (χ2v) is 21.5. The van der Waals surface area contributed by atoms with Crippen LogP contribution >= 0.6 is 0 Å². The van der Waals surface area contributed by atoms with Gasteiger partial charge in [-0.1, -0.05) is 96.3 Å². The highest BCUT2D eigenvalue weighted by atomic mass is 16.5. The Balaban J connectivity index is 0.885. The summed E-state index contributed by atoms with van der Waals surface area (Å²) in [6.45, 7) is 0. The highest BCUT2D eigenvalue weighted by Crippen LogP contribution is 2.64. The van der Waals surface area contributed by atoms with Gasteiger partial charge in [-0.05, 0) is 191 Å². The standard InChI is InChI=1S/C48H78O/c1-2-13-32-28-35(25-24-31(32)12-1)37-16-3-4-18-39(37)48-42-21-7-5-19-40(42)47(41-20-6-8-22-43(41)48)36-15-11-14-33(29-36)34-26-27-46-44(30-34)38-17-9-10-23-45(38)49-46/h31-48H,1-30H2. The van der Waals surface area contributed by atoms with E-state index in [1.165, 1.54) is 38.5 Å². The van der Waals surface area contributed by atoms with E-state index in [1.807, 2.05) is 0 Å². The smallest absolute Gasteiger partial charge is 0.0611 e. The third-order valence-electron chi connectivity index (χ3n) is 19.8. The van der Waals surface area contributed by atoms with E-state index >= 15 is 0 Å². The second kappa shape index (κ2) is 14.7. The van der Waals surface area contributed by atoms with Crippen LogP contribution in [0.3, 0.4) is 0 Å². The number of fused-ring (bicyclic) bond motifs is 6. The minimum absolute atomic E-state index is 0.645. The first kappa shape index (κ1) is 33.5. The zero-order valence-electron chi connectivity index (χ0n) is 32.0. The summed E-state index contributed by atoms with van der Waals surface area (Å²) in [7, 11) is 0. The van der Waals surface area contributed by atoms with Gasteiger partial charge in [0.25, 0.3) is 0 Å². The van der Waals surface area contributed by atoms with Crippen LogP contribution in [0.5, 0.6) is 0 Å². The third kappa shape index (κ3) is 6.29. The van der Waals surface area contributed by atoms with Crippen LogP contribution in [0.15, 0.2) is 0 Å².